The van der Waals surface area contributed by atoms with Crippen LogP contribution in [0.25, 0.3) is 0 Å². The first-order chi connectivity index (χ1) is 7.76. The highest BCUT2D eigenvalue weighted by molar-refractivity contribution is 7.99. The SMILES string of the molecule is CCOC(=O)CCNC1CCCC(SC)C1. The number of carbonyl (C=O) groups excluding carboxylic acids is 1. The third kappa shape index (κ3) is 5.21. The van der Waals surface area contributed by atoms with Crippen molar-refractivity contribution < 1.29 is 9.53 Å². The van der Waals surface area contributed by atoms with Crippen LogP contribution in [0.1, 0.15) is 39.0 Å². The van der Waals surface area contributed by atoms with Gasteiger partial charge in [0.05, 0.1) is 13.0 Å². The average Bonchev–Trinajstić information content (AvgIpc) is 2.30. The van der Waals surface area contributed by atoms with E-state index in [-0.39, 0.29) is 5.97 Å². The van der Waals surface area contributed by atoms with E-state index in [2.05, 4.69) is 11.6 Å². The molecule has 0 amide bonds. The highest BCUT2D eigenvalue weighted by atomic mass is 32.2. The zero-order chi connectivity index (χ0) is 11.8. The summed E-state index contributed by atoms with van der Waals surface area (Å²) >= 11 is 1.97. The summed E-state index contributed by atoms with van der Waals surface area (Å²) in [5.41, 5.74) is 0. The van der Waals surface area contributed by atoms with Crippen molar-refractivity contribution in [2.24, 2.45) is 0 Å². The lowest BCUT2D eigenvalue weighted by molar-refractivity contribution is -0.143. The van der Waals surface area contributed by atoms with Gasteiger partial charge in [-0.15, -0.1) is 0 Å². The highest BCUT2D eigenvalue weighted by Gasteiger charge is 2.20. The van der Waals surface area contributed by atoms with Gasteiger partial charge in [0.2, 0.25) is 0 Å². The molecule has 0 aromatic heterocycles. The minimum atomic E-state index is -0.0905. The van der Waals surface area contributed by atoms with Crippen LogP contribution in [0.5, 0.6) is 0 Å². The van der Waals surface area contributed by atoms with Crippen molar-refractivity contribution in [3.8, 4) is 0 Å². The van der Waals surface area contributed by atoms with E-state index in [4.69, 9.17) is 4.74 Å². The van der Waals surface area contributed by atoms with Gasteiger partial charge < -0.3 is 10.1 Å². The van der Waals surface area contributed by atoms with Crippen LogP contribution in [0.2, 0.25) is 0 Å². The van der Waals surface area contributed by atoms with Gasteiger partial charge in [0.25, 0.3) is 0 Å². The van der Waals surface area contributed by atoms with Gasteiger partial charge in [-0.25, -0.2) is 0 Å². The zero-order valence-corrected chi connectivity index (χ0v) is 11.1. The van der Waals surface area contributed by atoms with E-state index in [1.807, 2.05) is 18.7 Å². The smallest absolute Gasteiger partial charge is 0.307 e. The van der Waals surface area contributed by atoms with Crippen molar-refractivity contribution in [1.82, 2.24) is 5.32 Å². The molecule has 2 unspecified atom stereocenters. The number of rotatable bonds is 6. The average molecular weight is 245 g/mol. The van der Waals surface area contributed by atoms with Crippen molar-refractivity contribution in [2.45, 2.75) is 50.3 Å². The Morgan fingerprint density at radius 1 is 1.50 bits per heavy atom. The third-order valence-corrected chi connectivity index (χ3v) is 4.12. The Hall–Kier alpha value is -0.220. The van der Waals surface area contributed by atoms with Crippen LogP contribution in [0.4, 0.5) is 0 Å². The van der Waals surface area contributed by atoms with Crippen molar-refractivity contribution in [2.75, 3.05) is 19.4 Å². The van der Waals surface area contributed by atoms with Crippen LogP contribution in [0, 0.1) is 0 Å². The molecule has 0 saturated heterocycles. The molecule has 0 bridgehead atoms. The second kappa shape index (κ2) is 7.96. The lowest BCUT2D eigenvalue weighted by Gasteiger charge is -2.28. The van der Waals surface area contributed by atoms with E-state index in [1.54, 1.807) is 0 Å². The Bertz CT molecular complexity index is 211. The van der Waals surface area contributed by atoms with E-state index in [1.165, 1.54) is 25.7 Å². The lowest BCUT2D eigenvalue weighted by Crippen LogP contribution is -2.36. The molecule has 3 nitrogen and oxygen atoms in total. The maximum atomic E-state index is 11.1. The number of hydrogen-bond donors (Lipinski definition) is 1. The molecular weight excluding hydrogens is 222 g/mol. The number of hydrogen-bond acceptors (Lipinski definition) is 4. The fraction of sp³-hybridized carbons (Fsp3) is 0.917. The summed E-state index contributed by atoms with van der Waals surface area (Å²) in [7, 11) is 0. The van der Waals surface area contributed by atoms with Gasteiger partial charge >= 0.3 is 5.97 Å². The second-order valence-corrected chi connectivity index (χ2v) is 5.37. The van der Waals surface area contributed by atoms with Crippen LogP contribution in [-0.2, 0) is 9.53 Å². The van der Waals surface area contributed by atoms with Gasteiger partial charge in [-0.2, -0.15) is 11.8 Å². The minimum absolute atomic E-state index is 0.0905. The Labute approximate surface area is 103 Å². The maximum absolute atomic E-state index is 11.1. The normalized spacial score (nSPS) is 25.4. The van der Waals surface area contributed by atoms with E-state index < -0.39 is 0 Å². The molecule has 16 heavy (non-hydrogen) atoms. The molecule has 0 radical (unpaired) electrons. The van der Waals surface area contributed by atoms with Gasteiger partial charge in [-0.3, -0.25) is 4.79 Å². The largest absolute Gasteiger partial charge is 0.466 e. The minimum Gasteiger partial charge on any atom is -0.466 e. The Morgan fingerprint density at radius 2 is 2.31 bits per heavy atom. The van der Waals surface area contributed by atoms with Crippen LogP contribution in [-0.4, -0.2) is 36.7 Å². The van der Waals surface area contributed by atoms with E-state index >= 15 is 0 Å². The molecule has 0 aromatic carbocycles. The molecule has 2 atom stereocenters. The van der Waals surface area contributed by atoms with Crippen molar-refractivity contribution in [1.29, 1.82) is 0 Å². The molecule has 1 aliphatic carbocycles. The fourth-order valence-electron chi connectivity index (χ4n) is 2.16. The summed E-state index contributed by atoms with van der Waals surface area (Å²) < 4.78 is 4.89. The number of nitrogens with one attached hydrogen (secondary N) is 1. The molecule has 4 heteroatoms. The third-order valence-electron chi connectivity index (χ3n) is 3.03. The first kappa shape index (κ1) is 13.8. The monoisotopic (exact) mass is 245 g/mol. The van der Waals surface area contributed by atoms with Crippen LogP contribution < -0.4 is 5.32 Å². The molecule has 1 fully saturated rings. The first-order valence-electron chi connectivity index (χ1n) is 6.18. The predicted octanol–water partition coefficient (Wildman–Crippen LogP) is 2.20. The van der Waals surface area contributed by atoms with Crippen molar-refractivity contribution in [3.05, 3.63) is 0 Å². The second-order valence-electron chi connectivity index (χ2n) is 4.23. The van der Waals surface area contributed by atoms with Gasteiger partial charge in [0.1, 0.15) is 0 Å². The summed E-state index contributed by atoms with van der Waals surface area (Å²) in [6.45, 7) is 3.08. The molecule has 94 valence electrons. The number of esters is 1. The Morgan fingerprint density at radius 3 is 3.00 bits per heavy atom. The molecule has 1 rings (SSSR count). The quantitative estimate of drug-likeness (QED) is 0.728. The molecule has 0 aromatic rings. The Kier molecular flexibility index (Phi) is 6.88. The van der Waals surface area contributed by atoms with Crippen LogP contribution >= 0.6 is 11.8 Å². The molecule has 0 heterocycles. The highest BCUT2D eigenvalue weighted by Crippen LogP contribution is 2.26. The molecule has 0 aliphatic heterocycles. The molecule has 1 N–H and O–H groups in total. The molecule has 1 aliphatic rings. The van der Waals surface area contributed by atoms with E-state index in [9.17, 15) is 4.79 Å². The molecule has 1 saturated carbocycles. The molecular formula is C12H23NO2S. The molecule has 0 spiro atoms. The van der Waals surface area contributed by atoms with E-state index in [0.717, 1.165) is 11.8 Å². The Balaban J connectivity index is 2.10. The summed E-state index contributed by atoms with van der Waals surface area (Å²) in [4.78, 5) is 11.1. The van der Waals surface area contributed by atoms with Crippen molar-refractivity contribution >= 4 is 17.7 Å². The van der Waals surface area contributed by atoms with Crippen LogP contribution in [0.15, 0.2) is 0 Å². The summed E-state index contributed by atoms with van der Waals surface area (Å²) in [6.07, 6.45) is 7.82. The number of thioether (sulfide) groups is 1. The van der Waals surface area contributed by atoms with Gasteiger partial charge in [0, 0.05) is 17.8 Å². The maximum Gasteiger partial charge on any atom is 0.307 e. The summed E-state index contributed by atoms with van der Waals surface area (Å²) in [5, 5.41) is 4.26. The van der Waals surface area contributed by atoms with Gasteiger partial charge in [-0.1, -0.05) is 6.42 Å². The number of ether oxygens (including phenoxy) is 1. The topological polar surface area (TPSA) is 38.3 Å². The standard InChI is InChI=1S/C12H23NO2S/c1-3-15-12(14)7-8-13-10-5-4-6-11(9-10)16-2/h10-11,13H,3-9H2,1-2H3. The van der Waals surface area contributed by atoms with E-state index in [0.29, 0.717) is 19.1 Å². The zero-order valence-electron chi connectivity index (χ0n) is 10.3. The van der Waals surface area contributed by atoms with Crippen molar-refractivity contribution in [3.63, 3.8) is 0 Å². The lowest BCUT2D eigenvalue weighted by atomic mass is 9.95. The number of carbonyl (C=O) groups is 1. The first-order valence-corrected chi connectivity index (χ1v) is 7.46. The van der Waals surface area contributed by atoms with Gasteiger partial charge in [-0.05, 0) is 32.4 Å². The van der Waals surface area contributed by atoms with Crippen LogP contribution in [0.3, 0.4) is 0 Å². The fourth-order valence-corrected chi connectivity index (χ4v) is 2.98. The summed E-state index contributed by atoms with van der Waals surface area (Å²) in [5.74, 6) is -0.0905. The summed E-state index contributed by atoms with van der Waals surface area (Å²) in [6, 6.07) is 0.598. The van der Waals surface area contributed by atoms with Gasteiger partial charge in [0.15, 0.2) is 0 Å². The predicted molar refractivity (Wildman–Crippen MR) is 68.8 cm³/mol.